The molecule has 0 aliphatic heterocycles. The van der Waals surface area contributed by atoms with E-state index in [0.29, 0.717) is 11.3 Å². The van der Waals surface area contributed by atoms with Crippen LogP contribution in [0.15, 0.2) is 72.9 Å². The van der Waals surface area contributed by atoms with Crippen molar-refractivity contribution in [2.75, 3.05) is 0 Å². The molecule has 1 aromatic heterocycles. The molecule has 0 atom stereocenters. The Morgan fingerprint density at radius 1 is 0.704 bits per heavy atom. The summed E-state index contributed by atoms with van der Waals surface area (Å²) >= 11 is 0. The number of benzene rings is 3. The summed E-state index contributed by atoms with van der Waals surface area (Å²) in [5.74, 6) is 0. The summed E-state index contributed by atoms with van der Waals surface area (Å²) in [6.07, 6.45) is 1.94. The summed E-state index contributed by atoms with van der Waals surface area (Å²) in [5.41, 5.74) is 3.67. The van der Waals surface area contributed by atoms with Gasteiger partial charge in [0.25, 0.3) is 0 Å². The lowest BCUT2D eigenvalue weighted by molar-refractivity contribution is 1.02. The van der Waals surface area contributed by atoms with Gasteiger partial charge in [-0.2, -0.15) is 0 Å². The van der Waals surface area contributed by atoms with E-state index in [2.05, 4.69) is 94.4 Å². The van der Waals surface area contributed by atoms with Crippen molar-refractivity contribution >= 4 is 34.8 Å². The number of hydrogen-bond acceptors (Lipinski definition) is 1. The Balaban J connectivity index is 1.90. The zero-order valence-corrected chi connectivity index (χ0v) is 17.4. The first-order chi connectivity index (χ1) is 13.0. The standard InChI is InChI=1S/C25H26NP/c1-17(2)27(18(3)4)23-11-7-10-22(15-23)25-24-16-20-9-6-5-8-19(20)14-21(24)12-13-26-25/h5-18H,1-4H3. The van der Waals surface area contributed by atoms with Crippen molar-refractivity contribution in [2.45, 2.75) is 39.0 Å². The van der Waals surface area contributed by atoms with Crippen molar-refractivity contribution in [2.24, 2.45) is 0 Å². The molecule has 0 fully saturated rings. The maximum Gasteiger partial charge on any atom is 0.0780 e. The van der Waals surface area contributed by atoms with Gasteiger partial charge in [0.2, 0.25) is 0 Å². The number of pyridine rings is 1. The smallest absolute Gasteiger partial charge is 0.0780 e. The normalized spacial score (nSPS) is 12.0. The van der Waals surface area contributed by atoms with Crippen LogP contribution in [0.5, 0.6) is 0 Å². The van der Waals surface area contributed by atoms with Crippen molar-refractivity contribution in [3.63, 3.8) is 0 Å². The molecule has 0 spiro atoms. The molecular formula is C25H26NP. The van der Waals surface area contributed by atoms with Crippen LogP contribution in [0.2, 0.25) is 0 Å². The second-order valence-corrected chi connectivity index (χ2v) is 11.1. The highest BCUT2D eigenvalue weighted by Gasteiger charge is 2.19. The Morgan fingerprint density at radius 3 is 2.11 bits per heavy atom. The van der Waals surface area contributed by atoms with Crippen LogP contribution in [0.25, 0.3) is 32.8 Å². The van der Waals surface area contributed by atoms with Gasteiger partial charge >= 0.3 is 0 Å². The molecule has 0 bridgehead atoms. The third-order valence-electron chi connectivity index (χ3n) is 5.16. The van der Waals surface area contributed by atoms with Gasteiger partial charge in [0.15, 0.2) is 0 Å². The Morgan fingerprint density at radius 2 is 1.41 bits per heavy atom. The molecule has 27 heavy (non-hydrogen) atoms. The van der Waals surface area contributed by atoms with Gasteiger partial charge in [-0.15, -0.1) is 0 Å². The molecule has 2 heteroatoms. The number of nitrogens with zero attached hydrogens (tertiary/aromatic N) is 1. The largest absolute Gasteiger partial charge is 0.256 e. The van der Waals surface area contributed by atoms with Crippen LogP contribution in [0.4, 0.5) is 0 Å². The van der Waals surface area contributed by atoms with Gasteiger partial charge in [-0.25, -0.2) is 0 Å². The molecule has 0 amide bonds. The van der Waals surface area contributed by atoms with Crippen molar-refractivity contribution < 1.29 is 0 Å². The Labute approximate surface area is 163 Å². The lowest BCUT2D eigenvalue weighted by Crippen LogP contribution is -2.15. The van der Waals surface area contributed by atoms with Crippen molar-refractivity contribution in [3.8, 4) is 11.3 Å². The monoisotopic (exact) mass is 371 g/mol. The summed E-state index contributed by atoms with van der Waals surface area (Å²) in [6, 6.07) is 24.3. The molecule has 0 aliphatic rings. The van der Waals surface area contributed by atoms with E-state index in [1.54, 1.807) is 0 Å². The van der Waals surface area contributed by atoms with Crippen LogP contribution in [0, 0.1) is 0 Å². The van der Waals surface area contributed by atoms with Gasteiger partial charge < -0.3 is 0 Å². The van der Waals surface area contributed by atoms with E-state index >= 15 is 0 Å². The van der Waals surface area contributed by atoms with Crippen LogP contribution in [0.1, 0.15) is 27.7 Å². The Bertz CT molecular complexity index is 1090. The molecule has 0 saturated carbocycles. The van der Waals surface area contributed by atoms with Gasteiger partial charge in [0, 0.05) is 17.1 Å². The highest BCUT2D eigenvalue weighted by molar-refractivity contribution is 7.66. The molecule has 0 saturated heterocycles. The highest BCUT2D eigenvalue weighted by Crippen LogP contribution is 2.45. The fourth-order valence-electron chi connectivity index (χ4n) is 4.10. The molecule has 0 N–H and O–H groups in total. The molecular weight excluding hydrogens is 345 g/mol. The van der Waals surface area contributed by atoms with E-state index in [0.717, 1.165) is 5.69 Å². The summed E-state index contributed by atoms with van der Waals surface area (Å²) in [5, 5.41) is 6.50. The van der Waals surface area contributed by atoms with Crippen molar-refractivity contribution in [1.82, 2.24) is 4.98 Å². The maximum absolute atomic E-state index is 4.78. The topological polar surface area (TPSA) is 12.9 Å². The van der Waals surface area contributed by atoms with Gasteiger partial charge in [0.05, 0.1) is 5.69 Å². The summed E-state index contributed by atoms with van der Waals surface area (Å²) in [4.78, 5) is 4.78. The molecule has 4 aromatic rings. The fourth-order valence-corrected chi connectivity index (χ4v) is 7.03. The average molecular weight is 371 g/mol. The van der Waals surface area contributed by atoms with Crippen LogP contribution in [-0.4, -0.2) is 16.3 Å². The molecule has 0 aliphatic carbocycles. The lowest BCUT2D eigenvalue weighted by Gasteiger charge is -2.26. The van der Waals surface area contributed by atoms with Gasteiger partial charge in [-0.1, -0.05) is 78.1 Å². The Kier molecular flexibility index (Phi) is 4.98. The third kappa shape index (κ3) is 3.49. The SMILES string of the molecule is CC(C)P(c1cccc(-c2nccc3cc4ccccc4cc23)c1)C(C)C. The van der Waals surface area contributed by atoms with Crippen molar-refractivity contribution in [3.05, 3.63) is 72.9 Å². The van der Waals surface area contributed by atoms with Gasteiger partial charge in [-0.3, -0.25) is 4.98 Å². The molecule has 3 aromatic carbocycles. The molecule has 4 rings (SSSR count). The first-order valence-electron chi connectivity index (χ1n) is 9.71. The summed E-state index contributed by atoms with van der Waals surface area (Å²) < 4.78 is 0. The van der Waals surface area contributed by atoms with E-state index < -0.39 is 0 Å². The van der Waals surface area contributed by atoms with E-state index in [4.69, 9.17) is 4.98 Å². The minimum atomic E-state index is -0.180. The van der Waals surface area contributed by atoms with Crippen molar-refractivity contribution in [1.29, 1.82) is 0 Å². The van der Waals surface area contributed by atoms with Gasteiger partial charge in [-0.05, 0) is 57.0 Å². The quantitative estimate of drug-likeness (QED) is 0.278. The zero-order chi connectivity index (χ0) is 19.0. The lowest BCUT2D eigenvalue weighted by atomic mass is 10.00. The maximum atomic E-state index is 4.78. The minimum absolute atomic E-state index is 0.180. The molecule has 1 nitrogen and oxygen atoms in total. The van der Waals surface area contributed by atoms with E-state index in [1.807, 2.05) is 6.20 Å². The highest BCUT2D eigenvalue weighted by atomic mass is 31.1. The minimum Gasteiger partial charge on any atom is -0.256 e. The van der Waals surface area contributed by atoms with E-state index in [9.17, 15) is 0 Å². The molecule has 0 radical (unpaired) electrons. The van der Waals surface area contributed by atoms with Crippen LogP contribution in [-0.2, 0) is 0 Å². The average Bonchev–Trinajstić information content (AvgIpc) is 2.65. The predicted molar refractivity (Wildman–Crippen MR) is 122 cm³/mol. The third-order valence-corrected chi connectivity index (χ3v) is 8.26. The molecule has 0 unspecified atom stereocenters. The second kappa shape index (κ2) is 7.41. The first kappa shape index (κ1) is 18.1. The van der Waals surface area contributed by atoms with Crippen LogP contribution in [0.3, 0.4) is 0 Å². The molecule has 136 valence electrons. The Hall–Kier alpha value is -2.24. The van der Waals surface area contributed by atoms with Gasteiger partial charge in [0.1, 0.15) is 0 Å². The summed E-state index contributed by atoms with van der Waals surface area (Å²) in [7, 11) is -0.180. The van der Waals surface area contributed by atoms with Crippen LogP contribution < -0.4 is 5.30 Å². The van der Waals surface area contributed by atoms with E-state index in [1.165, 1.54) is 32.4 Å². The number of aromatic nitrogens is 1. The summed E-state index contributed by atoms with van der Waals surface area (Å²) in [6.45, 7) is 9.39. The first-order valence-corrected chi connectivity index (χ1v) is 11.2. The zero-order valence-electron chi connectivity index (χ0n) is 16.5. The number of hydrogen-bond donors (Lipinski definition) is 0. The predicted octanol–water partition coefficient (Wildman–Crippen LogP) is 6.98. The molecule has 1 heterocycles. The van der Waals surface area contributed by atoms with E-state index in [-0.39, 0.29) is 7.92 Å². The fraction of sp³-hybridized carbons (Fsp3) is 0.240. The second-order valence-electron chi connectivity index (χ2n) is 7.73. The number of fused-ring (bicyclic) bond motifs is 2. The van der Waals surface area contributed by atoms with Crippen LogP contribution >= 0.6 is 7.92 Å². The number of rotatable bonds is 4.